The zero-order valence-electron chi connectivity index (χ0n) is 11.7. The maximum Gasteiger partial charge on any atom is 0.189 e. The van der Waals surface area contributed by atoms with Crippen LogP contribution in [-0.2, 0) is 6.42 Å². The highest BCUT2D eigenvalue weighted by Crippen LogP contribution is 2.27. The molecule has 106 valence electrons. The van der Waals surface area contributed by atoms with Gasteiger partial charge in [0.1, 0.15) is 11.6 Å². The molecule has 0 saturated carbocycles. The fourth-order valence-corrected chi connectivity index (χ4v) is 2.57. The van der Waals surface area contributed by atoms with E-state index in [1.807, 2.05) is 30.3 Å². The molecule has 0 saturated heterocycles. The summed E-state index contributed by atoms with van der Waals surface area (Å²) < 4.78 is 18.4. The second-order valence-corrected chi connectivity index (χ2v) is 5.07. The molecule has 0 aliphatic heterocycles. The highest BCUT2D eigenvalue weighted by molar-refractivity contribution is 6.13. The lowest BCUT2D eigenvalue weighted by molar-refractivity contribution is 0.102. The Morgan fingerprint density at radius 2 is 1.86 bits per heavy atom. The van der Waals surface area contributed by atoms with Crippen molar-refractivity contribution in [2.75, 3.05) is 7.11 Å². The molecule has 0 atom stereocenters. The maximum absolute atomic E-state index is 13.3. The van der Waals surface area contributed by atoms with Gasteiger partial charge >= 0.3 is 0 Å². The fraction of sp³-hybridized carbons (Fsp3) is 0.167. The quantitative estimate of drug-likeness (QED) is 0.777. The number of Topliss-reactive ketones (excluding diaryl/α,β-unsaturated/α-hetero) is 1. The smallest absolute Gasteiger partial charge is 0.189 e. The van der Waals surface area contributed by atoms with Gasteiger partial charge in [0.2, 0.25) is 0 Å². The summed E-state index contributed by atoms with van der Waals surface area (Å²) in [5, 5.41) is 0. The van der Waals surface area contributed by atoms with Gasteiger partial charge in [0.25, 0.3) is 0 Å². The second kappa shape index (κ2) is 5.52. The highest BCUT2D eigenvalue weighted by Gasteiger charge is 2.22. The van der Waals surface area contributed by atoms with Crippen LogP contribution in [0.5, 0.6) is 5.75 Å². The Bertz CT molecular complexity index is 714. The largest absolute Gasteiger partial charge is 0.497 e. The Labute approximate surface area is 122 Å². The van der Waals surface area contributed by atoms with Crippen molar-refractivity contribution in [2.24, 2.45) is 0 Å². The summed E-state index contributed by atoms with van der Waals surface area (Å²) in [6.07, 6.45) is 3.32. The van der Waals surface area contributed by atoms with E-state index in [4.69, 9.17) is 4.74 Å². The molecule has 21 heavy (non-hydrogen) atoms. The normalized spacial score (nSPS) is 15.9. The van der Waals surface area contributed by atoms with E-state index in [2.05, 4.69) is 0 Å². The van der Waals surface area contributed by atoms with Crippen LogP contribution in [0.2, 0.25) is 0 Å². The van der Waals surface area contributed by atoms with Crippen molar-refractivity contribution >= 4 is 11.9 Å². The summed E-state index contributed by atoms with van der Waals surface area (Å²) in [5.74, 6) is 0.332. The number of aryl methyl sites for hydroxylation is 1. The molecule has 1 aliphatic carbocycles. The molecule has 2 nitrogen and oxygen atoms in total. The molecule has 1 aliphatic rings. The fourth-order valence-electron chi connectivity index (χ4n) is 2.57. The molecule has 0 amide bonds. The molecule has 2 aromatic carbocycles. The summed E-state index contributed by atoms with van der Waals surface area (Å²) in [6.45, 7) is 0. The Morgan fingerprint density at radius 1 is 1.10 bits per heavy atom. The van der Waals surface area contributed by atoms with E-state index in [1.165, 1.54) is 12.1 Å². The minimum absolute atomic E-state index is 0.0773. The van der Waals surface area contributed by atoms with Gasteiger partial charge in [0.05, 0.1) is 7.11 Å². The summed E-state index contributed by atoms with van der Waals surface area (Å²) in [5.41, 5.74) is 3.08. The van der Waals surface area contributed by atoms with Crippen molar-refractivity contribution in [1.82, 2.24) is 0 Å². The number of hydrogen-bond donors (Lipinski definition) is 0. The van der Waals surface area contributed by atoms with E-state index in [9.17, 15) is 9.18 Å². The van der Waals surface area contributed by atoms with Crippen LogP contribution in [-0.4, -0.2) is 12.9 Å². The van der Waals surface area contributed by atoms with Crippen LogP contribution in [0.3, 0.4) is 0 Å². The molecule has 0 heterocycles. The van der Waals surface area contributed by atoms with Gasteiger partial charge in [-0.2, -0.15) is 0 Å². The summed E-state index contributed by atoms with van der Waals surface area (Å²) in [4.78, 5) is 12.4. The average molecular weight is 282 g/mol. The van der Waals surface area contributed by atoms with Gasteiger partial charge < -0.3 is 4.74 Å². The number of ketones is 1. The monoisotopic (exact) mass is 282 g/mol. The van der Waals surface area contributed by atoms with Crippen molar-refractivity contribution in [2.45, 2.75) is 12.8 Å². The number of fused-ring (bicyclic) bond motifs is 1. The van der Waals surface area contributed by atoms with Gasteiger partial charge in [-0.15, -0.1) is 0 Å². The van der Waals surface area contributed by atoms with Crippen LogP contribution in [0.1, 0.15) is 27.9 Å². The SMILES string of the molecule is COc1ccc(/C=C2\CCc3ccc(F)cc3C2=O)cc1. The number of carbonyl (C=O) groups is 1. The van der Waals surface area contributed by atoms with Crippen LogP contribution < -0.4 is 4.74 Å². The number of carbonyl (C=O) groups excluding carboxylic acids is 1. The number of benzene rings is 2. The van der Waals surface area contributed by atoms with E-state index in [0.29, 0.717) is 12.0 Å². The number of ether oxygens (including phenoxy) is 1. The first-order valence-electron chi connectivity index (χ1n) is 6.85. The standard InChI is InChI=1S/C18H15FO2/c1-21-16-8-2-12(3-9-16)10-14-5-4-13-6-7-15(19)11-17(13)18(14)20/h2-3,6-11H,4-5H2,1H3/b14-10+. The number of allylic oxidation sites excluding steroid dienone is 1. The van der Waals surface area contributed by atoms with Crippen LogP contribution in [0.25, 0.3) is 6.08 Å². The predicted octanol–water partition coefficient (Wildman–Crippen LogP) is 4.05. The molecule has 3 heteroatoms. The third-order valence-electron chi connectivity index (χ3n) is 3.73. The molecule has 2 aromatic rings. The lowest BCUT2D eigenvalue weighted by atomic mass is 9.86. The maximum atomic E-state index is 13.3. The average Bonchev–Trinajstić information content (AvgIpc) is 2.51. The first-order chi connectivity index (χ1) is 10.2. The molecule has 0 bridgehead atoms. The number of rotatable bonds is 2. The van der Waals surface area contributed by atoms with Crippen molar-refractivity contribution in [3.63, 3.8) is 0 Å². The minimum Gasteiger partial charge on any atom is -0.497 e. The zero-order chi connectivity index (χ0) is 14.8. The Kier molecular flexibility index (Phi) is 3.57. The highest BCUT2D eigenvalue weighted by atomic mass is 19.1. The van der Waals surface area contributed by atoms with Crippen molar-refractivity contribution in [1.29, 1.82) is 0 Å². The van der Waals surface area contributed by atoms with Crippen LogP contribution in [0.15, 0.2) is 48.0 Å². The van der Waals surface area contributed by atoms with Gasteiger partial charge in [0, 0.05) is 11.1 Å². The molecule has 0 radical (unpaired) electrons. The molecular formula is C18H15FO2. The van der Waals surface area contributed by atoms with Gasteiger partial charge in [-0.1, -0.05) is 18.2 Å². The number of halogens is 1. The second-order valence-electron chi connectivity index (χ2n) is 5.07. The van der Waals surface area contributed by atoms with Crippen LogP contribution in [0.4, 0.5) is 4.39 Å². The molecule has 0 unspecified atom stereocenters. The van der Waals surface area contributed by atoms with Gasteiger partial charge in [-0.25, -0.2) is 4.39 Å². The topological polar surface area (TPSA) is 26.3 Å². The van der Waals surface area contributed by atoms with Gasteiger partial charge in [-0.05, 0) is 54.3 Å². The van der Waals surface area contributed by atoms with E-state index >= 15 is 0 Å². The first kappa shape index (κ1) is 13.6. The van der Waals surface area contributed by atoms with Crippen molar-refractivity contribution in [3.8, 4) is 5.75 Å². The molecule has 0 fully saturated rings. The molecule has 3 rings (SSSR count). The van der Waals surface area contributed by atoms with E-state index < -0.39 is 0 Å². The van der Waals surface area contributed by atoms with E-state index in [1.54, 1.807) is 13.2 Å². The van der Waals surface area contributed by atoms with Crippen molar-refractivity contribution < 1.29 is 13.9 Å². The summed E-state index contributed by atoms with van der Waals surface area (Å²) in [7, 11) is 1.61. The van der Waals surface area contributed by atoms with Crippen molar-refractivity contribution in [3.05, 3.63) is 70.5 Å². The zero-order valence-corrected chi connectivity index (χ0v) is 11.7. The first-order valence-corrected chi connectivity index (χ1v) is 6.85. The minimum atomic E-state index is -0.368. The van der Waals surface area contributed by atoms with Gasteiger partial charge in [-0.3, -0.25) is 4.79 Å². The number of hydrogen-bond acceptors (Lipinski definition) is 2. The third kappa shape index (κ3) is 2.72. The molecular weight excluding hydrogens is 267 g/mol. The predicted molar refractivity (Wildman–Crippen MR) is 80.0 cm³/mol. The van der Waals surface area contributed by atoms with E-state index in [0.717, 1.165) is 28.9 Å². The molecule has 0 aromatic heterocycles. The molecule has 0 N–H and O–H groups in total. The third-order valence-corrected chi connectivity index (χ3v) is 3.73. The van der Waals surface area contributed by atoms with Crippen LogP contribution >= 0.6 is 0 Å². The summed E-state index contributed by atoms with van der Waals surface area (Å²) in [6, 6.07) is 12.0. The lowest BCUT2D eigenvalue weighted by Crippen LogP contribution is -2.14. The Balaban J connectivity index is 1.93. The van der Waals surface area contributed by atoms with E-state index in [-0.39, 0.29) is 11.6 Å². The lowest BCUT2D eigenvalue weighted by Gasteiger charge is -2.17. The number of methoxy groups -OCH3 is 1. The Hall–Kier alpha value is -2.42. The van der Waals surface area contributed by atoms with Crippen LogP contribution in [0, 0.1) is 5.82 Å². The summed E-state index contributed by atoms with van der Waals surface area (Å²) >= 11 is 0. The molecule has 0 spiro atoms. The Morgan fingerprint density at radius 3 is 2.57 bits per heavy atom. The van der Waals surface area contributed by atoms with Gasteiger partial charge in [0.15, 0.2) is 5.78 Å².